The van der Waals surface area contributed by atoms with Crippen LogP contribution < -0.4 is 32.8 Å². The zero-order valence-electron chi connectivity index (χ0n) is 37.0. The summed E-state index contributed by atoms with van der Waals surface area (Å²) in [5.41, 5.74) is 27.0. The van der Waals surface area contributed by atoms with Crippen LogP contribution in [0.5, 0.6) is 0 Å². The molecule has 0 atom stereocenters. The van der Waals surface area contributed by atoms with Gasteiger partial charge >= 0.3 is 0 Å². The van der Waals surface area contributed by atoms with E-state index < -0.39 is 0 Å². The van der Waals surface area contributed by atoms with Crippen LogP contribution in [0, 0.1) is 90.0 Å². The molecule has 58 heavy (non-hydrogen) atoms. The van der Waals surface area contributed by atoms with E-state index in [1.807, 2.05) is 18.2 Å². The first-order chi connectivity index (χ1) is 27.6. The van der Waals surface area contributed by atoms with E-state index in [1.165, 1.54) is 116 Å². The molecule has 0 unspecified atom stereocenters. The van der Waals surface area contributed by atoms with Crippen molar-refractivity contribution in [3.63, 3.8) is 0 Å². The van der Waals surface area contributed by atoms with Gasteiger partial charge in [0, 0.05) is 10.8 Å². The van der Waals surface area contributed by atoms with Gasteiger partial charge in [-0.1, -0.05) is 209 Å². The van der Waals surface area contributed by atoms with Gasteiger partial charge in [0.1, 0.15) is 11.2 Å². The summed E-state index contributed by atoms with van der Waals surface area (Å²) in [7, 11) is 0. The van der Waals surface area contributed by atoms with Crippen LogP contribution in [0.2, 0.25) is 0 Å². The summed E-state index contributed by atoms with van der Waals surface area (Å²) < 4.78 is 7.38. The number of rotatable bonds is 6. The van der Waals surface area contributed by atoms with Gasteiger partial charge in [-0.15, -0.1) is 0 Å². The summed E-state index contributed by atoms with van der Waals surface area (Å²) in [6.07, 6.45) is 0. The summed E-state index contributed by atoms with van der Waals surface area (Å²) in [5, 5.41) is 2.35. The Kier molecular flexibility index (Phi) is 11.5. The number of fused-ring (bicyclic) bond motifs is 3. The Morgan fingerprint density at radius 3 is 0.810 bits per heavy atom. The molecule has 0 spiro atoms. The highest BCUT2D eigenvalue weighted by atomic mass is 16.3. The lowest BCUT2D eigenvalue weighted by molar-refractivity contribution is 0.674. The minimum atomic E-state index is 0.0258. The molecule has 0 radical (unpaired) electrons. The molecule has 1 nitrogen and oxygen atoms in total. The molecular weight excluding hydrogens is 698 g/mol. The van der Waals surface area contributed by atoms with Gasteiger partial charge in [-0.05, 0) is 101 Å². The van der Waals surface area contributed by atoms with Crippen LogP contribution in [0.1, 0.15) is 72.3 Å². The van der Waals surface area contributed by atoms with Crippen LogP contribution in [0.25, 0.3) is 21.9 Å². The molecule has 0 N–H and O–H groups in total. The molecule has 0 fully saturated rings. The van der Waals surface area contributed by atoms with Gasteiger partial charge in [0.25, 0.3) is 0 Å². The largest absolute Gasteiger partial charge is 0.457 e. The second-order valence-electron chi connectivity index (χ2n) is 17.3. The smallest absolute Gasteiger partial charge is 0.247 e. The molecule has 0 bridgehead atoms. The van der Waals surface area contributed by atoms with E-state index in [9.17, 15) is 0 Å². The van der Waals surface area contributed by atoms with Crippen molar-refractivity contribution in [3.05, 3.63) is 188 Å². The highest BCUT2D eigenvalue weighted by Crippen LogP contribution is 2.28. The van der Waals surface area contributed by atoms with E-state index in [4.69, 9.17) is 4.42 Å². The standard InChI is InChI=1S/C48H50B2O.C7H8/c1-27-19-31(5)43(32(6)20-27)49(44-33(7)21-28(2)22-34(44)8)41-17-13-15-39-40-16-14-18-42(48(40)51-47(39)41)50(45-35(9)23-29(3)24-36(45)10)46-37(11)25-30(4)26-38(46)12;1-7-5-3-2-4-6-7/h13-26H,1-12H3;2-6H,1H3. The Hall–Kier alpha value is -5.53. The first-order valence-electron chi connectivity index (χ1n) is 20.9. The van der Waals surface area contributed by atoms with Crippen LogP contribution in [0.4, 0.5) is 0 Å². The van der Waals surface area contributed by atoms with Crippen molar-refractivity contribution in [1.29, 1.82) is 0 Å². The predicted molar refractivity (Wildman–Crippen MR) is 257 cm³/mol. The minimum Gasteiger partial charge on any atom is -0.457 e. The fourth-order valence-corrected chi connectivity index (χ4v) is 10.3. The molecule has 0 aliphatic rings. The molecule has 0 aliphatic carbocycles. The summed E-state index contributed by atoms with van der Waals surface area (Å²) in [5.74, 6) is 0. The summed E-state index contributed by atoms with van der Waals surface area (Å²) in [6.45, 7) is 29.2. The van der Waals surface area contributed by atoms with Crippen molar-refractivity contribution in [2.45, 2.75) is 90.0 Å². The zero-order valence-corrected chi connectivity index (χ0v) is 37.0. The molecule has 290 valence electrons. The van der Waals surface area contributed by atoms with Gasteiger partial charge in [-0.3, -0.25) is 0 Å². The van der Waals surface area contributed by atoms with Crippen LogP contribution in [0.15, 0.2) is 120 Å². The maximum absolute atomic E-state index is 7.38. The van der Waals surface area contributed by atoms with Crippen LogP contribution >= 0.6 is 0 Å². The second kappa shape index (κ2) is 16.4. The van der Waals surface area contributed by atoms with Crippen molar-refractivity contribution >= 4 is 68.1 Å². The fourth-order valence-electron chi connectivity index (χ4n) is 10.3. The molecule has 0 saturated heterocycles. The monoisotopic (exact) mass is 756 g/mol. The molecule has 0 aliphatic heterocycles. The third-order valence-corrected chi connectivity index (χ3v) is 12.3. The number of hydrogen-bond acceptors (Lipinski definition) is 1. The molecule has 0 amide bonds. The molecule has 8 aromatic rings. The highest BCUT2D eigenvalue weighted by Gasteiger charge is 2.34. The maximum Gasteiger partial charge on any atom is 0.247 e. The first-order valence-corrected chi connectivity index (χ1v) is 20.9. The first kappa shape index (κ1) is 40.7. The van der Waals surface area contributed by atoms with Crippen molar-refractivity contribution in [2.24, 2.45) is 0 Å². The van der Waals surface area contributed by atoms with Gasteiger partial charge in [-0.25, -0.2) is 0 Å². The quantitative estimate of drug-likeness (QED) is 0.154. The Morgan fingerprint density at radius 2 is 0.569 bits per heavy atom. The molecule has 3 heteroatoms. The lowest BCUT2D eigenvalue weighted by Crippen LogP contribution is -2.56. The minimum absolute atomic E-state index is 0.0258. The Labute approximate surface area is 348 Å². The summed E-state index contributed by atoms with van der Waals surface area (Å²) in [6, 6.07) is 42.6. The average Bonchev–Trinajstić information content (AvgIpc) is 3.52. The van der Waals surface area contributed by atoms with E-state index in [0.29, 0.717) is 0 Å². The number of benzene rings is 7. The molecule has 7 aromatic carbocycles. The number of para-hydroxylation sites is 2. The van der Waals surface area contributed by atoms with Crippen LogP contribution in [-0.2, 0) is 0 Å². The number of furan rings is 1. The Balaban J connectivity index is 0.000000662. The SMILES string of the molecule is Cc1cc(C)c(B(c2c(C)cc(C)cc2C)c2cccc3c2oc2c(B(c4c(C)cc(C)cc4C)c4c(C)cc(C)cc4C)cccc23)c(C)c1.Cc1ccccc1. The predicted octanol–water partition coefficient (Wildman–Crippen LogP) is 10.3. The lowest BCUT2D eigenvalue weighted by atomic mass is 9.34. The number of aryl methyl sites for hydroxylation is 13. The fraction of sp³-hybridized carbons (Fsp3) is 0.236. The van der Waals surface area contributed by atoms with E-state index in [2.05, 4.69) is 187 Å². The Bertz CT molecular complexity index is 2440. The van der Waals surface area contributed by atoms with E-state index in [0.717, 1.165) is 11.2 Å². The second-order valence-corrected chi connectivity index (χ2v) is 17.3. The summed E-state index contributed by atoms with van der Waals surface area (Å²) >= 11 is 0. The van der Waals surface area contributed by atoms with Crippen molar-refractivity contribution in [1.82, 2.24) is 0 Å². The van der Waals surface area contributed by atoms with Crippen LogP contribution in [-0.4, -0.2) is 13.4 Å². The lowest BCUT2D eigenvalue weighted by Gasteiger charge is -2.25. The molecular formula is C55H58B2O. The van der Waals surface area contributed by atoms with Crippen molar-refractivity contribution < 1.29 is 4.42 Å². The summed E-state index contributed by atoms with van der Waals surface area (Å²) in [4.78, 5) is 0. The van der Waals surface area contributed by atoms with Gasteiger partial charge in [0.05, 0.1) is 0 Å². The molecule has 1 aromatic heterocycles. The number of hydrogen-bond donors (Lipinski definition) is 0. The highest BCUT2D eigenvalue weighted by molar-refractivity contribution is 6.98. The topological polar surface area (TPSA) is 13.1 Å². The average molecular weight is 757 g/mol. The van der Waals surface area contributed by atoms with E-state index in [-0.39, 0.29) is 13.4 Å². The normalized spacial score (nSPS) is 11.2. The van der Waals surface area contributed by atoms with Crippen LogP contribution in [0.3, 0.4) is 0 Å². The third-order valence-electron chi connectivity index (χ3n) is 12.3. The van der Waals surface area contributed by atoms with Crippen molar-refractivity contribution in [3.8, 4) is 0 Å². The van der Waals surface area contributed by atoms with Gasteiger partial charge in [-0.2, -0.15) is 0 Å². The van der Waals surface area contributed by atoms with Gasteiger partial charge in [0.15, 0.2) is 0 Å². The van der Waals surface area contributed by atoms with Gasteiger partial charge < -0.3 is 4.42 Å². The van der Waals surface area contributed by atoms with Crippen molar-refractivity contribution in [2.75, 3.05) is 0 Å². The van der Waals surface area contributed by atoms with Gasteiger partial charge in [0.2, 0.25) is 13.4 Å². The zero-order chi connectivity index (χ0) is 41.6. The molecule has 0 saturated carbocycles. The Morgan fingerprint density at radius 1 is 0.293 bits per heavy atom. The molecule has 1 heterocycles. The molecule has 8 rings (SSSR count). The maximum atomic E-state index is 7.38. The van der Waals surface area contributed by atoms with E-state index >= 15 is 0 Å². The third kappa shape index (κ3) is 7.72. The van der Waals surface area contributed by atoms with E-state index in [1.54, 1.807) is 0 Å².